The van der Waals surface area contributed by atoms with Crippen LogP contribution in [0.25, 0.3) is 0 Å². The van der Waals surface area contributed by atoms with Gasteiger partial charge in [0.2, 0.25) is 0 Å². The molecule has 0 aliphatic carbocycles. The lowest BCUT2D eigenvalue weighted by Crippen LogP contribution is -2.19. The second kappa shape index (κ2) is 7.05. The van der Waals surface area contributed by atoms with Crippen molar-refractivity contribution in [3.05, 3.63) is 29.6 Å². The molecule has 3 heteroatoms. The Bertz CT molecular complexity index is 346. The van der Waals surface area contributed by atoms with E-state index in [9.17, 15) is 4.79 Å². The number of pyridine rings is 1. The monoisotopic (exact) mass is 235 g/mol. The van der Waals surface area contributed by atoms with Crippen molar-refractivity contribution in [3.63, 3.8) is 0 Å². The molecule has 1 aromatic heterocycles. The van der Waals surface area contributed by atoms with Crippen LogP contribution in [0.2, 0.25) is 0 Å². The third-order valence-corrected chi connectivity index (χ3v) is 2.86. The van der Waals surface area contributed by atoms with Crippen molar-refractivity contribution >= 4 is 5.97 Å². The van der Waals surface area contributed by atoms with Crippen molar-refractivity contribution in [3.8, 4) is 0 Å². The van der Waals surface area contributed by atoms with Gasteiger partial charge in [0.15, 0.2) is 0 Å². The molecule has 17 heavy (non-hydrogen) atoms. The Kier molecular flexibility index (Phi) is 5.67. The van der Waals surface area contributed by atoms with Crippen LogP contribution in [-0.4, -0.2) is 17.6 Å². The zero-order chi connectivity index (χ0) is 12.7. The van der Waals surface area contributed by atoms with Crippen molar-refractivity contribution in [2.24, 2.45) is 5.92 Å². The number of hydrogen-bond acceptors (Lipinski definition) is 3. The molecule has 0 fully saturated rings. The highest BCUT2D eigenvalue weighted by Crippen LogP contribution is 2.13. The van der Waals surface area contributed by atoms with Crippen LogP contribution in [0.5, 0.6) is 0 Å². The maximum absolute atomic E-state index is 11.7. The minimum Gasteiger partial charge on any atom is -0.466 e. The van der Waals surface area contributed by atoms with E-state index < -0.39 is 0 Å². The summed E-state index contributed by atoms with van der Waals surface area (Å²) in [6, 6.07) is 4.07. The van der Waals surface area contributed by atoms with Gasteiger partial charge in [0, 0.05) is 18.3 Å². The van der Waals surface area contributed by atoms with Gasteiger partial charge < -0.3 is 4.74 Å². The fourth-order valence-electron chi connectivity index (χ4n) is 1.69. The van der Waals surface area contributed by atoms with Crippen molar-refractivity contribution in [1.82, 2.24) is 4.98 Å². The summed E-state index contributed by atoms with van der Waals surface area (Å²) >= 11 is 0. The quantitative estimate of drug-likeness (QED) is 0.712. The predicted octanol–water partition coefficient (Wildman–Crippen LogP) is 2.78. The maximum atomic E-state index is 11.7. The van der Waals surface area contributed by atoms with Crippen LogP contribution in [-0.2, 0) is 22.4 Å². The number of ether oxygens (including phenoxy) is 1. The predicted molar refractivity (Wildman–Crippen MR) is 67.7 cm³/mol. The molecule has 1 unspecified atom stereocenters. The summed E-state index contributed by atoms with van der Waals surface area (Å²) in [5.41, 5.74) is 2.18. The molecule has 0 amide bonds. The number of esters is 1. The normalized spacial score (nSPS) is 12.2. The number of aromatic nitrogens is 1. The topological polar surface area (TPSA) is 39.2 Å². The first-order valence-corrected chi connectivity index (χ1v) is 6.31. The van der Waals surface area contributed by atoms with E-state index in [1.165, 1.54) is 5.56 Å². The summed E-state index contributed by atoms with van der Waals surface area (Å²) in [6.45, 7) is 6.38. The first-order valence-electron chi connectivity index (χ1n) is 6.31. The smallest absolute Gasteiger partial charge is 0.309 e. The van der Waals surface area contributed by atoms with Crippen LogP contribution in [0.1, 0.15) is 38.4 Å². The Morgan fingerprint density at radius 1 is 1.35 bits per heavy atom. The van der Waals surface area contributed by atoms with Crippen molar-refractivity contribution in [2.75, 3.05) is 6.61 Å². The number of carbonyl (C=O) groups excluding carboxylic acids is 1. The highest BCUT2D eigenvalue weighted by molar-refractivity contribution is 5.72. The molecule has 0 N–H and O–H groups in total. The van der Waals surface area contributed by atoms with E-state index in [2.05, 4.69) is 18.0 Å². The number of rotatable bonds is 6. The molecule has 0 saturated heterocycles. The lowest BCUT2D eigenvalue weighted by molar-refractivity contribution is -0.148. The lowest BCUT2D eigenvalue weighted by atomic mass is 10.00. The summed E-state index contributed by atoms with van der Waals surface area (Å²) in [7, 11) is 0. The molecule has 1 atom stereocenters. The zero-order valence-electron chi connectivity index (χ0n) is 10.9. The average molecular weight is 235 g/mol. The third-order valence-electron chi connectivity index (χ3n) is 2.86. The van der Waals surface area contributed by atoms with Gasteiger partial charge in [0.05, 0.1) is 12.5 Å². The molecule has 94 valence electrons. The van der Waals surface area contributed by atoms with Crippen LogP contribution in [0.4, 0.5) is 0 Å². The Morgan fingerprint density at radius 3 is 2.59 bits per heavy atom. The van der Waals surface area contributed by atoms with Gasteiger partial charge in [-0.05, 0) is 31.4 Å². The number of carbonyl (C=O) groups is 1. The largest absolute Gasteiger partial charge is 0.466 e. The molecule has 0 radical (unpaired) electrons. The number of hydrogen-bond donors (Lipinski definition) is 0. The standard InChI is InChI=1S/C14H21NO2/c1-4-11-7-8-13(15-10-11)9-12(5-2)14(16)17-6-3/h7-8,10,12H,4-6,9H2,1-3H3. The van der Waals surface area contributed by atoms with Crippen molar-refractivity contribution in [1.29, 1.82) is 0 Å². The van der Waals surface area contributed by atoms with Crippen molar-refractivity contribution < 1.29 is 9.53 Å². The van der Waals surface area contributed by atoms with Gasteiger partial charge in [-0.3, -0.25) is 9.78 Å². The van der Waals surface area contributed by atoms with E-state index in [1.54, 1.807) is 0 Å². The molecule has 1 aromatic rings. The van der Waals surface area contributed by atoms with Gasteiger partial charge in [-0.2, -0.15) is 0 Å². The van der Waals surface area contributed by atoms with Gasteiger partial charge in [-0.1, -0.05) is 19.9 Å². The highest BCUT2D eigenvalue weighted by Gasteiger charge is 2.18. The molecule has 0 aliphatic rings. The molecular weight excluding hydrogens is 214 g/mol. The third kappa shape index (κ3) is 4.17. The molecule has 0 spiro atoms. The molecule has 0 aliphatic heterocycles. The Hall–Kier alpha value is -1.38. The van der Waals surface area contributed by atoms with Crippen LogP contribution in [0.3, 0.4) is 0 Å². The molecular formula is C14H21NO2. The minimum atomic E-state index is -0.114. The van der Waals surface area contributed by atoms with Gasteiger partial charge in [-0.15, -0.1) is 0 Å². The van der Waals surface area contributed by atoms with Crippen LogP contribution in [0.15, 0.2) is 18.3 Å². The summed E-state index contributed by atoms with van der Waals surface area (Å²) in [5, 5.41) is 0. The van der Waals surface area contributed by atoms with E-state index in [1.807, 2.05) is 26.1 Å². The van der Waals surface area contributed by atoms with E-state index in [-0.39, 0.29) is 11.9 Å². The molecule has 1 heterocycles. The maximum Gasteiger partial charge on any atom is 0.309 e. The van der Waals surface area contributed by atoms with Crippen molar-refractivity contribution in [2.45, 2.75) is 40.0 Å². The van der Waals surface area contributed by atoms with Crippen LogP contribution >= 0.6 is 0 Å². The van der Waals surface area contributed by atoms with Gasteiger partial charge in [0.1, 0.15) is 0 Å². The number of nitrogens with zero attached hydrogens (tertiary/aromatic N) is 1. The first-order chi connectivity index (χ1) is 8.21. The van der Waals surface area contributed by atoms with E-state index in [0.717, 1.165) is 18.5 Å². The number of aryl methyl sites for hydroxylation is 1. The summed E-state index contributed by atoms with van der Waals surface area (Å²) < 4.78 is 5.05. The molecule has 1 rings (SSSR count). The van der Waals surface area contributed by atoms with E-state index in [4.69, 9.17) is 4.74 Å². The minimum absolute atomic E-state index is 0.0741. The summed E-state index contributed by atoms with van der Waals surface area (Å²) in [6.07, 6.45) is 4.32. The zero-order valence-corrected chi connectivity index (χ0v) is 10.9. The molecule has 0 saturated carbocycles. The Morgan fingerprint density at radius 2 is 2.12 bits per heavy atom. The van der Waals surface area contributed by atoms with Crippen LogP contribution in [0, 0.1) is 5.92 Å². The molecule has 3 nitrogen and oxygen atoms in total. The summed E-state index contributed by atoms with van der Waals surface area (Å²) in [5.74, 6) is -0.189. The van der Waals surface area contributed by atoms with Gasteiger partial charge >= 0.3 is 5.97 Å². The Balaban J connectivity index is 2.63. The summed E-state index contributed by atoms with van der Waals surface area (Å²) in [4.78, 5) is 16.0. The fourth-order valence-corrected chi connectivity index (χ4v) is 1.69. The fraction of sp³-hybridized carbons (Fsp3) is 0.571. The second-order valence-electron chi connectivity index (χ2n) is 4.07. The second-order valence-corrected chi connectivity index (χ2v) is 4.07. The molecule has 0 aromatic carbocycles. The average Bonchev–Trinajstić information content (AvgIpc) is 2.37. The first kappa shape index (κ1) is 13.7. The van der Waals surface area contributed by atoms with Gasteiger partial charge in [0.25, 0.3) is 0 Å². The molecule has 0 bridgehead atoms. The van der Waals surface area contributed by atoms with Gasteiger partial charge in [-0.25, -0.2) is 0 Å². The van der Waals surface area contributed by atoms with E-state index in [0.29, 0.717) is 13.0 Å². The SMILES string of the molecule is CCOC(=O)C(CC)Cc1ccc(CC)cn1. The van der Waals surface area contributed by atoms with E-state index >= 15 is 0 Å². The van der Waals surface area contributed by atoms with Crippen LogP contribution < -0.4 is 0 Å². The highest BCUT2D eigenvalue weighted by atomic mass is 16.5. The lowest BCUT2D eigenvalue weighted by Gasteiger charge is -2.13. The Labute approximate surface area is 103 Å².